The van der Waals surface area contributed by atoms with Crippen LogP contribution in [0.5, 0.6) is 5.88 Å². The fourth-order valence-corrected chi connectivity index (χ4v) is 5.10. The smallest absolute Gasteiger partial charge is 0.357 e. The van der Waals surface area contributed by atoms with Crippen molar-refractivity contribution in [3.63, 3.8) is 0 Å². The average molecular weight is 610 g/mol. The summed E-state index contributed by atoms with van der Waals surface area (Å²) in [5.74, 6) is -1.02. The number of fused-ring (bicyclic) bond motifs is 2. The van der Waals surface area contributed by atoms with Crippen LogP contribution in [-0.4, -0.2) is 50.8 Å². The van der Waals surface area contributed by atoms with Crippen molar-refractivity contribution in [2.45, 2.75) is 32.4 Å². The largest absolute Gasteiger partial charge is 0.470 e. The van der Waals surface area contributed by atoms with E-state index in [1.807, 2.05) is 10.6 Å². The van der Waals surface area contributed by atoms with Gasteiger partial charge in [-0.05, 0) is 49.0 Å². The van der Waals surface area contributed by atoms with Gasteiger partial charge in [-0.1, -0.05) is 23.7 Å². The fraction of sp³-hybridized carbons (Fsp3) is 0.300. The number of carbonyl (C=O) groups is 1. The summed E-state index contributed by atoms with van der Waals surface area (Å²) in [4.78, 5) is 29.9. The number of benzene rings is 1. The van der Waals surface area contributed by atoms with E-state index in [1.165, 1.54) is 6.07 Å². The topological polar surface area (TPSA) is 114 Å². The van der Waals surface area contributed by atoms with Gasteiger partial charge in [0.1, 0.15) is 17.7 Å². The highest BCUT2D eigenvalue weighted by molar-refractivity contribution is 6.35. The molecular formula is C30H26ClF2N5O5. The van der Waals surface area contributed by atoms with E-state index >= 15 is 0 Å². The highest BCUT2D eigenvalue weighted by atomic mass is 35.5. The van der Waals surface area contributed by atoms with Gasteiger partial charge in [0.15, 0.2) is 17.2 Å². The number of carbonyl (C=O) groups excluding carboxylic acids is 1. The van der Waals surface area contributed by atoms with E-state index in [0.717, 1.165) is 18.2 Å². The summed E-state index contributed by atoms with van der Waals surface area (Å²) in [7, 11) is 1.62. The zero-order chi connectivity index (χ0) is 29.9. The maximum absolute atomic E-state index is 14.5. The van der Waals surface area contributed by atoms with Crippen molar-refractivity contribution in [3.05, 3.63) is 82.9 Å². The molecule has 43 heavy (non-hydrogen) atoms. The van der Waals surface area contributed by atoms with Crippen LogP contribution < -0.4 is 4.74 Å². The van der Waals surface area contributed by atoms with E-state index in [9.17, 15) is 13.6 Å². The molecule has 0 radical (unpaired) electrons. The molecule has 1 aliphatic rings. The summed E-state index contributed by atoms with van der Waals surface area (Å²) in [5, 5.41) is 0.735. The molecule has 0 bridgehead atoms. The number of hydrogen-bond donors (Lipinski definition) is 0. The second-order valence-corrected chi connectivity index (χ2v) is 10.5. The van der Waals surface area contributed by atoms with Gasteiger partial charge in [0.2, 0.25) is 5.82 Å². The summed E-state index contributed by atoms with van der Waals surface area (Å²) in [6.07, 6.45) is 6.65. The molecule has 0 spiro atoms. The summed E-state index contributed by atoms with van der Waals surface area (Å²) >= 11 is 6.11. The van der Waals surface area contributed by atoms with Crippen LogP contribution in [-0.2, 0) is 22.6 Å². The van der Waals surface area contributed by atoms with Crippen LogP contribution in [0.2, 0.25) is 5.02 Å². The molecule has 10 nitrogen and oxygen atoms in total. The second-order valence-electron chi connectivity index (χ2n) is 10.1. The summed E-state index contributed by atoms with van der Waals surface area (Å²) in [6.45, 7) is 1.18. The van der Waals surface area contributed by atoms with Crippen LogP contribution in [0.1, 0.15) is 41.1 Å². The maximum Gasteiger partial charge on any atom is 0.357 e. The Hall–Kier alpha value is -4.42. The van der Waals surface area contributed by atoms with E-state index in [-0.39, 0.29) is 36.3 Å². The minimum absolute atomic E-state index is 0.0980. The highest BCUT2D eigenvalue weighted by Crippen LogP contribution is 2.32. The van der Waals surface area contributed by atoms with Gasteiger partial charge in [0.05, 0.1) is 30.8 Å². The third kappa shape index (κ3) is 6.20. The Bertz CT molecular complexity index is 1840. The van der Waals surface area contributed by atoms with Crippen LogP contribution in [0.15, 0.2) is 53.3 Å². The van der Waals surface area contributed by atoms with Gasteiger partial charge >= 0.3 is 5.97 Å². The normalized spacial score (nSPS) is 15.2. The Morgan fingerprint density at radius 3 is 2.88 bits per heavy atom. The predicted molar refractivity (Wildman–Crippen MR) is 153 cm³/mol. The lowest BCUT2D eigenvalue weighted by molar-refractivity contribution is 0.0426. The predicted octanol–water partition coefficient (Wildman–Crippen LogP) is 6.17. The van der Waals surface area contributed by atoms with Gasteiger partial charge < -0.3 is 23.2 Å². The molecule has 0 saturated carbocycles. The number of nitrogens with zero attached hydrogens (tertiary/aromatic N) is 5. The number of rotatable bonds is 10. The minimum atomic E-state index is -0.780. The lowest BCUT2D eigenvalue weighted by Gasteiger charge is -2.21. The van der Waals surface area contributed by atoms with E-state index < -0.39 is 17.8 Å². The molecule has 5 aromatic rings. The van der Waals surface area contributed by atoms with Crippen molar-refractivity contribution < 1.29 is 32.2 Å². The number of methoxy groups -OCH3 is 1. The molecule has 4 heterocycles. The van der Waals surface area contributed by atoms with Crippen LogP contribution in [0.3, 0.4) is 0 Å². The number of hydrogen-bond acceptors (Lipinski definition) is 9. The molecule has 13 heteroatoms. The number of ether oxygens (including phenoxy) is 3. The molecule has 1 unspecified atom stereocenters. The van der Waals surface area contributed by atoms with E-state index in [2.05, 4.69) is 19.9 Å². The molecule has 1 aromatic carbocycles. The minimum Gasteiger partial charge on any atom is -0.470 e. The Morgan fingerprint density at radius 1 is 1.19 bits per heavy atom. The molecule has 4 aromatic heterocycles. The van der Waals surface area contributed by atoms with Gasteiger partial charge in [0, 0.05) is 30.7 Å². The SMILES string of the molecule is COCCn1cnc2ccc(C(=O)OCC3CC=C(c4ncc(F)c(OCc5ccc(Cl)c6cc(F)oc56)n4)CC3)nc21. The Balaban J connectivity index is 1.07. The number of halogens is 3. The first-order valence-electron chi connectivity index (χ1n) is 13.6. The summed E-state index contributed by atoms with van der Waals surface area (Å²) in [6, 6.07) is 6.96. The second kappa shape index (κ2) is 12.4. The van der Waals surface area contributed by atoms with Crippen LogP contribution >= 0.6 is 11.6 Å². The van der Waals surface area contributed by atoms with Gasteiger partial charge in [-0.15, -0.1) is 0 Å². The van der Waals surface area contributed by atoms with Gasteiger partial charge in [-0.3, -0.25) is 0 Å². The molecule has 0 aliphatic heterocycles. The molecule has 1 atom stereocenters. The van der Waals surface area contributed by atoms with Crippen molar-refractivity contribution >= 4 is 45.3 Å². The first-order chi connectivity index (χ1) is 20.9. The number of imidazole rings is 1. The molecule has 222 valence electrons. The fourth-order valence-electron chi connectivity index (χ4n) is 4.90. The zero-order valence-electron chi connectivity index (χ0n) is 23.1. The van der Waals surface area contributed by atoms with Crippen LogP contribution in [0.25, 0.3) is 27.7 Å². The molecule has 0 amide bonds. The lowest BCUT2D eigenvalue weighted by Crippen LogP contribution is -2.17. The molecule has 0 N–H and O–H groups in total. The van der Waals surface area contributed by atoms with Gasteiger partial charge in [0.25, 0.3) is 11.9 Å². The number of pyridine rings is 1. The Morgan fingerprint density at radius 2 is 2.07 bits per heavy atom. The van der Waals surface area contributed by atoms with Crippen LogP contribution in [0, 0.1) is 17.7 Å². The van der Waals surface area contributed by atoms with Crippen molar-refractivity contribution in [2.24, 2.45) is 5.92 Å². The molecular weight excluding hydrogens is 584 g/mol. The highest BCUT2D eigenvalue weighted by Gasteiger charge is 2.22. The first kappa shape index (κ1) is 28.7. The Kier molecular flexibility index (Phi) is 8.30. The van der Waals surface area contributed by atoms with Crippen molar-refractivity contribution in [3.8, 4) is 5.88 Å². The van der Waals surface area contributed by atoms with Crippen molar-refractivity contribution in [2.75, 3.05) is 20.3 Å². The van der Waals surface area contributed by atoms with Crippen molar-refractivity contribution in [1.29, 1.82) is 0 Å². The monoisotopic (exact) mass is 609 g/mol. The quantitative estimate of drug-likeness (QED) is 0.172. The van der Waals surface area contributed by atoms with E-state index in [4.69, 9.17) is 30.2 Å². The van der Waals surface area contributed by atoms with Gasteiger partial charge in [-0.2, -0.15) is 13.8 Å². The standard InChI is InChI=1S/C30H26ClF2N5O5/c1-40-11-10-38-16-35-23-8-9-24(36-28(23)38)30(39)42-14-17-2-4-18(5-3-17)27-34-13-22(32)29(37-27)41-15-19-6-7-21(31)20-12-25(33)43-26(19)20/h4,6-9,12-13,16-17H,2-3,5,10-11,14-15H2,1H3. The first-order valence-corrected chi connectivity index (χ1v) is 14.0. The number of aromatic nitrogens is 5. The Labute approximate surface area is 249 Å². The van der Waals surface area contributed by atoms with E-state index in [1.54, 1.807) is 37.7 Å². The van der Waals surface area contributed by atoms with Crippen molar-refractivity contribution in [1.82, 2.24) is 24.5 Å². The van der Waals surface area contributed by atoms with Crippen LogP contribution in [0.4, 0.5) is 8.78 Å². The average Bonchev–Trinajstić information content (AvgIpc) is 3.62. The summed E-state index contributed by atoms with van der Waals surface area (Å²) < 4.78 is 51.4. The van der Waals surface area contributed by atoms with E-state index in [0.29, 0.717) is 59.0 Å². The van der Waals surface area contributed by atoms with Gasteiger partial charge in [-0.25, -0.2) is 19.7 Å². The number of allylic oxidation sites excluding steroid dienone is 2. The number of esters is 1. The summed E-state index contributed by atoms with van der Waals surface area (Å²) in [5.41, 5.74) is 3.05. The number of furan rings is 1. The molecule has 1 aliphatic carbocycles. The molecule has 0 fully saturated rings. The maximum atomic E-state index is 14.5. The lowest BCUT2D eigenvalue weighted by atomic mass is 9.90. The third-order valence-electron chi connectivity index (χ3n) is 7.22. The third-order valence-corrected chi connectivity index (χ3v) is 7.55. The molecule has 6 rings (SSSR count). The molecule has 0 saturated heterocycles. The zero-order valence-corrected chi connectivity index (χ0v) is 23.8.